The van der Waals surface area contributed by atoms with E-state index in [1.807, 2.05) is 14.0 Å². The third-order valence-corrected chi connectivity index (χ3v) is 4.94. The SMILES string of the molecule is C=C(CC)CCC.Cc1nc(-c2ccc3c(c2)CCCN3C)cn1C. The predicted octanol–water partition coefficient (Wildman–Crippen LogP) is 5.53. The van der Waals surface area contributed by atoms with Gasteiger partial charge < -0.3 is 9.47 Å². The van der Waals surface area contributed by atoms with E-state index < -0.39 is 0 Å². The first kappa shape index (κ1) is 19.3. The van der Waals surface area contributed by atoms with Crippen LogP contribution < -0.4 is 4.90 Å². The molecule has 0 atom stereocenters. The lowest BCUT2D eigenvalue weighted by molar-refractivity contribution is 0.745. The van der Waals surface area contributed by atoms with Crippen LogP contribution in [0.4, 0.5) is 5.69 Å². The summed E-state index contributed by atoms with van der Waals surface area (Å²) in [5.41, 5.74) is 6.50. The van der Waals surface area contributed by atoms with E-state index in [0.29, 0.717) is 0 Å². The standard InChI is InChI=1S/C15H19N3.C7H14/c1-11-16-14(10-18(11)3)12-6-7-15-13(9-12)5-4-8-17(15)2;1-4-6-7(3)5-2/h6-7,9-10H,4-5,8H2,1-3H3;3-6H2,1-2H3. The van der Waals surface area contributed by atoms with Crippen molar-refractivity contribution in [1.29, 1.82) is 0 Å². The molecule has 1 aromatic heterocycles. The molecule has 3 nitrogen and oxygen atoms in total. The van der Waals surface area contributed by atoms with Crippen molar-refractivity contribution in [3.8, 4) is 11.3 Å². The molecule has 3 heteroatoms. The molecule has 0 fully saturated rings. The second kappa shape index (κ2) is 8.89. The van der Waals surface area contributed by atoms with Crippen molar-refractivity contribution in [2.75, 3.05) is 18.5 Å². The zero-order valence-corrected chi connectivity index (χ0v) is 16.6. The zero-order chi connectivity index (χ0) is 18.4. The topological polar surface area (TPSA) is 21.1 Å². The van der Waals surface area contributed by atoms with Crippen molar-refractivity contribution in [3.63, 3.8) is 0 Å². The summed E-state index contributed by atoms with van der Waals surface area (Å²) in [6.07, 6.45) is 8.12. The van der Waals surface area contributed by atoms with Gasteiger partial charge in [-0.1, -0.05) is 38.5 Å². The second-order valence-electron chi connectivity index (χ2n) is 7.01. The minimum atomic E-state index is 1.06. The molecule has 2 heterocycles. The van der Waals surface area contributed by atoms with E-state index in [-0.39, 0.29) is 0 Å². The van der Waals surface area contributed by atoms with E-state index in [1.165, 1.54) is 48.1 Å². The Morgan fingerprint density at radius 1 is 1.24 bits per heavy atom. The van der Waals surface area contributed by atoms with Crippen LogP contribution in [0.1, 0.15) is 50.9 Å². The summed E-state index contributed by atoms with van der Waals surface area (Å²) in [7, 11) is 4.21. The van der Waals surface area contributed by atoms with Crippen LogP contribution in [0.15, 0.2) is 36.5 Å². The fourth-order valence-corrected chi connectivity index (χ4v) is 3.17. The average Bonchev–Trinajstić information content (AvgIpc) is 2.94. The van der Waals surface area contributed by atoms with E-state index in [9.17, 15) is 0 Å². The number of hydrogen-bond donors (Lipinski definition) is 0. The molecule has 1 aliphatic heterocycles. The van der Waals surface area contributed by atoms with Crippen molar-refractivity contribution < 1.29 is 0 Å². The predicted molar refractivity (Wildman–Crippen MR) is 109 cm³/mol. The van der Waals surface area contributed by atoms with Crippen LogP contribution in [-0.4, -0.2) is 23.1 Å². The van der Waals surface area contributed by atoms with Gasteiger partial charge in [0.15, 0.2) is 0 Å². The summed E-state index contributed by atoms with van der Waals surface area (Å²) in [4.78, 5) is 6.94. The Kier molecular flexibility index (Phi) is 6.86. The van der Waals surface area contributed by atoms with E-state index in [0.717, 1.165) is 24.5 Å². The van der Waals surface area contributed by atoms with Gasteiger partial charge in [0.25, 0.3) is 0 Å². The van der Waals surface area contributed by atoms with Gasteiger partial charge >= 0.3 is 0 Å². The van der Waals surface area contributed by atoms with Gasteiger partial charge in [0.05, 0.1) is 5.69 Å². The number of allylic oxidation sites excluding steroid dienone is 1. The first-order chi connectivity index (χ1) is 12.0. The number of benzene rings is 1. The van der Waals surface area contributed by atoms with Crippen molar-refractivity contribution in [2.24, 2.45) is 7.05 Å². The van der Waals surface area contributed by atoms with Crippen molar-refractivity contribution >= 4 is 5.69 Å². The highest BCUT2D eigenvalue weighted by Crippen LogP contribution is 2.30. The van der Waals surface area contributed by atoms with E-state index in [1.54, 1.807) is 0 Å². The van der Waals surface area contributed by atoms with Crippen molar-refractivity contribution in [2.45, 2.75) is 52.9 Å². The van der Waals surface area contributed by atoms with E-state index in [2.05, 4.69) is 66.3 Å². The molecule has 1 aromatic carbocycles. The van der Waals surface area contributed by atoms with Crippen LogP contribution in [0.5, 0.6) is 0 Å². The summed E-state index contributed by atoms with van der Waals surface area (Å²) in [6, 6.07) is 6.71. The minimum absolute atomic E-state index is 1.06. The minimum Gasteiger partial charge on any atom is -0.374 e. The number of fused-ring (bicyclic) bond motifs is 1. The monoisotopic (exact) mass is 339 g/mol. The lowest BCUT2D eigenvalue weighted by Crippen LogP contribution is -2.24. The van der Waals surface area contributed by atoms with Gasteiger partial charge in [0, 0.05) is 38.1 Å². The van der Waals surface area contributed by atoms with Crippen LogP contribution in [0.3, 0.4) is 0 Å². The third kappa shape index (κ3) is 4.97. The number of hydrogen-bond acceptors (Lipinski definition) is 2. The van der Waals surface area contributed by atoms with E-state index in [4.69, 9.17) is 0 Å². The Hall–Kier alpha value is -2.03. The number of rotatable bonds is 4. The van der Waals surface area contributed by atoms with Gasteiger partial charge in [-0.2, -0.15) is 0 Å². The summed E-state index contributed by atoms with van der Waals surface area (Å²) in [5, 5.41) is 0. The van der Waals surface area contributed by atoms with Gasteiger partial charge in [0.1, 0.15) is 5.82 Å². The molecule has 25 heavy (non-hydrogen) atoms. The maximum Gasteiger partial charge on any atom is 0.105 e. The Labute approximate surface area is 153 Å². The van der Waals surface area contributed by atoms with Gasteiger partial charge in [-0.15, -0.1) is 0 Å². The molecule has 0 amide bonds. The van der Waals surface area contributed by atoms with Crippen molar-refractivity contribution in [1.82, 2.24) is 9.55 Å². The molecule has 0 aliphatic carbocycles. The highest BCUT2D eigenvalue weighted by molar-refractivity contribution is 5.67. The third-order valence-electron chi connectivity index (χ3n) is 4.94. The number of imidazole rings is 1. The Morgan fingerprint density at radius 2 is 2.00 bits per heavy atom. The molecule has 0 saturated carbocycles. The molecule has 2 aromatic rings. The maximum absolute atomic E-state index is 4.60. The molecule has 0 unspecified atom stereocenters. The lowest BCUT2D eigenvalue weighted by Gasteiger charge is -2.27. The molecule has 0 N–H and O–H groups in total. The Balaban J connectivity index is 0.000000277. The van der Waals surface area contributed by atoms with Crippen LogP contribution in [0, 0.1) is 6.92 Å². The molecule has 1 aliphatic rings. The number of aromatic nitrogens is 2. The highest BCUT2D eigenvalue weighted by Gasteiger charge is 2.15. The van der Waals surface area contributed by atoms with Gasteiger partial charge in [-0.3, -0.25) is 0 Å². The molecule has 0 spiro atoms. The number of nitrogens with zero attached hydrogens (tertiary/aromatic N) is 3. The van der Waals surface area contributed by atoms with Crippen LogP contribution in [-0.2, 0) is 13.5 Å². The fraction of sp³-hybridized carbons (Fsp3) is 0.500. The second-order valence-corrected chi connectivity index (χ2v) is 7.01. The van der Waals surface area contributed by atoms with E-state index >= 15 is 0 Å². The smallest absolute Gasteiger partial charge is 0.105 e. The lowest BCUT2D eigenvalue weighted by atomic mass is 9.99. The molecule has 3 rings (SSSR count). The van der Waals surface area contributed by atoms with Crippen LogP contribution in [0.25, 0.3) is 11.3 Å². The zero-order valence-electron chi connectivity index (χ0n) is 16.6. The largest absolute Gasteiger partial charge is 0.374 e. The maximum atomic E-state index is 4.60. The van der Waals surface area contributed by atoms with Gasteiger partial charge in [-0.25, -0.2) is 4.98 Å². The first-order valence-electron chi connectivity index (χ1n) is 9.47. The van der Waals surface area contributed by atoms with Gasteiger partial charge in [-0.05, 0) is 50.3 Å². The molecule has 0 bridgehead atoms. The van der Waals surface area contributed by atoms with Gasteiger partial charge in [0.2, 0.25) is 0 Å². The Morgan fingerprint density at radius 3 is 2.56 bits per heavy atom. The molecule has 0 saturated heterocycles. The quantitative estimate of drug-likeness (QED) is 0.683. The Bertz CT molecular complexity index is 693. The van der Waals surface area contributed by atoms with Crippen LogP contribution in [0.2, 0.25) is 0 Å². The summed E-state index contributed by atoms with van der Waals surface area (Å²) in [6.45, 7) is 11.4. The summed E-state index contributed by atoms with van der Waals surface area (Å²) in [5.74, 6) is 1.06. The number of aryl methyl sites for hydroxylation is 3. The fourth-order valence-electron chi connectivity index (χ4n) is 3.17. The number of anilines is 1. The summed E-state index contributed by atoms with van der Waals surface area (Å²) < 4.78 is 2.07. The molecular formula is C22H33N3. The highest BCUT2D eigenvalue weighted by atomic mass is 15.1. The average molecular weight is 340 g/mol. The first-order valence-corrected chi connectivity index (χ1v) is 9.47. The normalized spacial score (nSPS) is 13.1. The van der Waals surface area contributed by atoms with Crippen LogP contribution >= 0.6 is 0 Å². The molecule has 0 radical (unpaired) electrons. The molecular weight excluding hydrogens is 306 g/mol. The summed E-state index contributed by atoms with van der Waals surface area (Å²) >= 11 is 0. The van der Waals surface area contributed by atoms with Crippen molar-refractivity contribution in [3.05, 3.63) is 47.9 Å². The molecule has 136 valence electrons.